The predicted molar refractivity (Wildman–Crippen MR) is 270 cm³/mol. The first-order valence-electron chi connectivity index (χ1n) is 27.2. The van der Waals surface area contributed by atoms with Crippen molar-refractivity contribution in [3.05, 3.63) is 48.6 Å². The van der Waals surface area contributed by atoms with E-state index < -0.39 is 6.10 Å². The molecule has 362 valence electrons. The Kier molecular flexibility index (Phi) is 51.4. The molecular formula is C57H104O5. The van der Waals surface area contributed by atoms with Gasteiger partial charge in [0.15, 0.2) is 6.10 Å². The first kappa shape index (κ1) is 59.9. The first-order valence-corrected chi connectivity index (χ1v) is 27.2. The van der Waals surface area contributed by atoms with Crippen LogP contribution >= 0.6 is 0 Å². The molecule has 1 atom stereocenters. The molecule has 5 nitrogen and oxygen atoms in total. The average Bonchev–Trinajstić information content (AvgIpc) is 3.27. The van der Waals surface area contributed by atoms with E-state index in [1.165, 1.54) is 173 Å². The van der Waals surface area contributed by atoms with Gasteiger partial charge in [0.25, 0.3) is 0 Å². The number of ether oxygens (including phenoxy) is 3. The average molecular weight is 869 g/mol. The summed E-state index contributed by atoms with van der Waals surface area (Å²) >= 11 is 0. The van der Waals surface area contributed by atoms with Crippen molar-refractivity contribution in [2.75, 3.05) is 19.8 Å². The lowest BCUT2D eigenvalue weighted by molar-refractivity contribution is -0.163. The molecule has 0 aromatic rings. The topological polar surface area (TPSA) is 61.8 Å². The molecule has 0 bridgehead atoms. The van der Waals surface area contributed by atoms with Crippen LogP contribution in [0, 0.1) is 0 Å². The van der Waals surface area contributed by atoms with Crippen LogP contribution in [0.4, 0.5) is 0 Å². The fourth-order valence-corrected chi connectivity index (χ4v) is 7.81. The highest BCUT2D eigenvalue weighted by Gasteiger charge is 2.17. The van der Waals surface area contributed by atoms with Crippen LogP contribution in [-0.2, 0) is 23.8 Å². The summed E-state index contributed by atoms with van der Waals surface area (Å²) < 4.78 is 17.4. The number of allylic oxidation sites excluding steroid dienone is 8. The van der Waals surface area contributed by atoms with Crippen molar-refractivity contribution in [3.63, 3.8) is 0 Å². The van der Waals surface area contributed by atoms with E-state index in [0.29, 0.717) is 19.4 Å². The number of unbranched alkanes of at least 4 members (excludes halogenated alkanes) is 31. The van der Waals surface area contributed by atoms with Crippen molar-refractivity contribution in [3.8, 4) is 0 Å². The highest BCUT2D eigenvalue weighted by atomic mass is 16.6. The number of esters is 2. The molecule has 0 amide bonds. The molecule has 0 radical (unpaired) electrons. The Hall–Kier alpha value is -2.14. The SMILES string of the molecule is CC/C=C\C/C=C\C/C=C\CCCCCCCC(=O)OCC(COCCCCCCCC/C=C\CCCCCCCC)OC(=O)CCCCCCCCCCCCCCCCC. The van der Waals surface area contributed by atoms with Gasteiger partial charge in [-0.2, -0.15) is 0 Å². The Bertz CT molecular complexity index is 1030. The molecule has 0 fully saturated rings. The number of hydrogen-bond acceptors (Lipinski definition) is 5. The lowest BCUT2D eigenvalue weighted by Crippen LogP contribution is -2.30. The minimum absolute atomic E-state index is 0.0772. The Morgan fingerprint density at radius 1 is 0.371 bits per heavy atom. The number of hydrogen-bond donors (Lipinski definition) is 0. The van der Waals surface area contributed by atoms with Crippen LogP contribution in [0.3, 0.4) is 0 Å². The maximum absolute atomic E-state index is 12.8. The molecule has 0 aromatic carbocycles. The van der Waals surface area contributed by atoms with Crippen LogP contribution in [0.2, 0.25) is 0 Å². The summed E-state index contributed by atoms with van der Waals surface area (Å²) in [5, 5.41) is 0. The van der Waals surface area contributed by atoms with Crippen molar-refractivity contribution in [1.29, 1.82) is 0 Å². The Morgan fingerprint density at radius 2 is 0.726 bits per heavy atom. The highest BCUT2D eigenvalue weighted by molar-refractivity contribution is 5.70. The van der Waals surface area contributed by atoms with E-state index in [4.69, 9.17) is 14.2 Å². The Morgan fingerprint density at radius 3 is 1.18 bits per heavy atom. The van der Waals surface area contributed by atoms with Gasteiger partial charge < -0.3 is 14.2 Å². The summed E-state index contributed by atoms with van der Waals surface area (Å²) in [5.74, 6) is -0.407. The minimum atomic E-state index is -0.543. The van der Waals surface area contributed by atoms with E-state index in [1.807, 2.05) is 0 Å². The molecule has 1 unspecified atom stereocenters. The fraction of sp³-hybridized carbons (Fsp3) is 0.825. The van der Waals surface area contributed by atoms with Crippen molar-refractivity contribution in [2.45, 2.75) is 284 Å². The maximum Gasteiger partial charge on any atom is 0.306 e. The van der Waals surface area contributed by atoms with E-state index in [2.05, 4.69) is 69.4 Å². The standard InChI is InChI=1S/C57H104O5/c1-4-7-10-13-16-19-22-25-28-31-34-37-40-43-46-49-52-60-53-55(62-57(59)51-48-45-42-39-36-33-30-27-24-21-18-15-12-9-6-3)54-61-56(58)50-47-44-41-38-35-32-29-26-23-20-17-14-11-8-5-2/h8,11,17,20,25-26,28-29,55H,4-7,9-10,12-16,18-19,21-24,27,30-54H2,1-3H3/b11-8-,20-17-,28-25-,29-26-. The van der Waals surface area contributed by atoms with Gasteiger partial charge in [-0.1, -0.05) is 236 Å². The van der Waals surface area contributed by atoms with Gasteiger partial charge in [-0.25, -0.2) is 0 Å². The van der Waals surface area contributed by atoms with Gasteiger partial charge in [0.1, 0.15) is 6.61 Å². The second-order valence-corrected chi connectivity index (χ2v) is 18.1. The van der Waals surface area contributed by atoms with Crippen LogP contribution < -0.4 is 0 Å². The van der Waals surface area contributed by atoms with Gasteiger partial charge in [0, 0.05) is 19.4 Å². The number of carbonyl (C=O) groups is 2. The van der Waals surface area contributed by atoms with Crippen LogP contribution in [0.1, 0.15) is 278 Å². The number of rotatable bonds is 50. The molecule has 0 saturated carbocycles. The molecule has 0 aliphatic heterocycles. The van der Waals surface area contributed by atoms with Crippen LogP contribution in [-0.4, -0.2) is 37.9 Å². The van der Waals surface area contributed by atoms with Crippen LogP contribution in [0.15, 0.2) is 48.6 Å². The van der Waals surface area contributed by atoms with Gasteiger partial charge in [0.2, 0.25) is 0 Å². The summed E-state index contributed by atoms with van der Waals surface area (Å²) in [4.78, 5) is 25.4. The minimum Gasteiger partial charge on any atom is -0.462 e. The third kappa shape index (κ3) is 50.5. The zero-order chi connectivity index (χ0) is 44.9. The second kappa shape index (κ2) is 53.2. The molecule has 0 N–H and O–H groups in total. The van der Waals surface area contributed by atoms with E-state index >= 15 is 0 Å². The van der Waals surface area contributed by atoms with Crippen molar-refractivity contribution in [1.82, 2.24) is 0 Å². The van der Waals surface area contributed by atoms with Crippen molar-refractivity contribution >= 4 is 11.9 Å². The largest absolute Gasteiger partial charge is 0.462 e. The second-order valence-electron chi connectivity index (χ2n) is 18.1. The summed E-state index contributed by atoms with van der Waals surface area (Å²) in [6.07, 6.45) is 65.5. The molecule has 62 heavy (non-hydrogen) atoms. The van der Waals surface area contributed by atoms with Gasteiger partial charge >= 0.3 is 11.9 Å². The number of carbonyl (C=O) groups excluding carboxylic acids is 2. The quantitative estimate of drug-likeness (QED) is 0.0346. The third-order valence-corrected chi connectivity index (χ3v) is 11.8. The van der Waals surface area contributed by atoms with E-state index in [1.54, 1.807) is 0 Å². The lowest BCUT2D eigenvalue weighted by Gasteiger charge is -2.18. The zero-order valence-electron chi connectivity index (χ0n) is 41.6. The van der Waals surface area contributed by atoms with Crippen molar-refractivity contribution < 1.29 is 23.8 Å². The lowest BCUT2D eigenvalue weighted by atomic mass is 10.0. The molecular weight excluding hydrogens is 765 g/mol. The van der Waals surface area contributed by atoms with E-state index in [9.17, 15) is 9.59 Å². The zero-order valence-corrected chi connectivity index (χ0v) is 41.6. The molecule has 0 saturated heterocycles. The molecule has 0 aliphatic carbocycles. The van der Waals surface area contributed by atoms with Crippen LogP contribution in [0.5, 0.6) is 0 Å². The molecule has 0 aromatic heterocycles. The molecule has 0 rings (SSSR count). The third-order valence-electron chi connectivity index (χ3n) is 11.8. The molecule has 5 heteroatoms. The summed E-state index contributed by atoms with van der Waals surface area (Å²) in [6.45, 7) is 7.72. The summed E-state index contributed by atoms with van der Waals surface area (Å²) in [5.41, 5.74) is 0. The van der Waals surface area contributed by atoms with E-state index in [0.717, 1.165) is 70.6 Å². The Balaban J connectivity index is 4.28. The van der Waals surface area contributed by atoms with Gasteiger partial charge in [0.05, 0.1) is 6.61 Å². The van der Waals surface area contributed by atoms with Crippen molar-refractivity contribution in [2.24, 2.45) is 0 Å². The molecule has 0 spiro atoms. The Labute approximate surface area is 386 Å². The molecule has 0 aliphatic rings. The monoisotopic (exact) mass is 869 g/mol. The highest BCUT2D eigenvalue weighted by Crippen LogP contribution is 2.15. The normalized spacial score (nSPS) is 12.5. The van der Waals surface area contributed by atoms with Gasteiger partial charge in [-0.05, 0) is 77.0 Å². The van der Waals surface area contributed by atoms with Gasteiger partial charge in [-0.3, -0.25) is 9.59 Å². The van der Waals surface area contributed by atoms with Crippen LogP contribution in [0.25, 0.3) is 0 Å². The van der Waals surface area contributed by atoms with Gasteiger partial charge in [-0.15, -0.1) is 0 Å². The molecule has 0 heterocycles. The maximum atomic E-state index is 12.8. The van der Waals surface area contributed by atoms with E-state index in [-0.39, 0.29) is 25.2 Å². The summed E-state index contributed by atoms with van der Waals surface area (Å²) in [6, 6.07) is 0. The summed E-state index contributed by atoms with van der Waals surface area (Å²) in [7, 11) is 0. The predicted octanol–water partition coefficient (Wildman–Crippen LogP) is 18.3. The smallest absolute Gasteiger partial charge is 0.306 e. The fourth-order valence-electron chi connectivity index (χ4n) is 7.81. The first-order chi connectivity index (χ1) is 30.6.